The normalized spacial score (nSPS) is 19.6. The highest BCUT2D eigenvalue weighted by Gasteiger charge is 2.38. The van der Waals surface area contributed by atoms with Crippen molar-refractivity contribution in [2.75, 3.05) is 342 Å². The minimum Gasteiger partial charge on any atom is -0.391 e. The van der Waals surface area contributed by atoms with E-state index in [1.54, 1.807) is 0 Å². The molecule has 8 atom stereocenters. The van der Waals surface area contributed by atoms with Crippen molar-refractivity contribution in [2.45, 2.75) is 68.1 Å². The molecule has 0 radical (unpaired) electrons. The van der Waals surface area contributed by atoms with Crippen LogP contribution in [0.3, 0.4) is 0 Å². The van der Waals surface area contributed by atoms with Crippen LogP contribution in [0.1, 0.15) is 19.3 Å². The minimum absolute atomic E-state index is 0.0216. The van der Waals surface area contributed by atoms with Gasteiger partial charge in [-0.1, -0.05) is 0 Å². The van der Waals surface area contributed by atoms with Crippen LogP contribution in [0.15, 0.2) is 0 Å². The van der Waals surface area contributed by atoms with Crippen molar-refractivity contribution in [1.82, 2.24) is 40.4 Å². The molecular formula is C65H147N19O16. The Morgan fingerprint density at radius 2 is 0.510 bits per heavy atom. The summed E-state index contributed by atoms with van der Waals surface area (Å²) in [5.41, 5.74) is 60.7. The smallest absolute Gasteiger partial charge is 0.104 e. The maximum absolute atomic E-state index is 10.9. The predicted molar refractivity (Wildman–Crippen MR) is 389 cm³/mol. The Morgan fingerprint density at radius 3 is 0.740 bits per heavy atom. The number of aliphatic hydroxyl groups excluding tert-OH is 4. The van der Waals surface area contributed by atoms with E-state index in [0.29, 0.717) is 171 Å². The lowest BCUT2D eigenvalue weighted by atomic mass is 9.92. The topological polar surface area (TPSA) is 543 Å². The zero-order chi connectivity index (χ0) is 73.0. The van der Waals surface area contributed by atoms with Crippen LogP contribution in [0, 0.1) is 10.8 Å². The molecular weight excluding hydrogens is 1300 g/mol. The second-order valence-electron chi connectivity index (χ2n) is 26.5. The third-order valence-electron chi connectivity index (χ3n) is 16.4. The molecule has 4 heterocycles. The SMILES string of the molecule is C(OCC(COCC1CO1)(COCC1CO1)COCC1CO1)C1CO1.NCCN(CCN)CCCCC(O)COCC(COCC(O)CNCCN(CCN)CCN)(COCC(O)CNCCN(CCN)CCN)COCC(O)CNCCN(CCN)CCN.NCCN(CCN)CCN. The molecule has 29 N–H and O–H groups in total. The van der Waals surface area contributed by atoms with E-state index in [9.17, 15) is 20.4 Å². The predicted octanol–water partition coefficient (Wildman–Crippen LogP) is -9.90. The molecule has 0 aromatic heterocycles. The fourth-order valence-corrected chi connectivity index (χ4v) is 10.6. The second-order valence-corrected chi connectivity index (χ2v) is 26.5. The van der Waals surface area contributed by atoms with Gasteiger partial charge in [0.25, 0.3) is 0 Å². The van der Waals surface area contributed by atoms with Crippen molar-refractivity contribution in [3.63, 3.8) is 0 Å². The maximum Gasteiger partial charge on any atom is 0.104 e. The first-order valence-corrected chi connectivity index (χ1v) is 37.0. The van der Waals surface area contributed by atoms with E-state index in [2.05, 4.69) is 40.4 Å². The summed E-state index contributed by atoms with van der Waals surface area (Å²) in [6.45, 7) is 29.1. The molecule has 8 unspecified atom stereocenters. The van der Waals surface area contributed by atoms with E-state index in [1.165, 1.54) is 0 Å². The highest BCUT2D eigenvalue weighted by molar-refractivity contribution is 4.84. The standard InChI is InChI=1S/C42H101N15O8.C17H28O8.C6H18N4/c43-4-16-54(17-5-44)15-2-1-3-38(58)30-62-34-42(35-63-31-39(59)27-51-12-24-55(18-6-45)19-7-46,36-64-32-40(60)28-52-13-25-56(20-8-47)21-9-48)37-65-33-41(61)29-53-14-26-57(22-10-49)23-11-50;1(13-5-22-13)18-9-17(10-19-2-14-6-23-14,11-20-3-15-7-24-15)12-21-4-16-8-25-16;7-1-4-10(5-2-8)6-3-9/h38-41,51-53,58-61H,1-37,43-50H2;13-16H,1-12H2;1-9H2. The maximum atomic E-state index is 10.9. The molecule has 4 aliphatic heterocycles. The number of aliphatic hydroxyl groups is 4. The van der Waals surface area contributed by atoms with Gasteiger partial charge in [-0.15, -0.1) is 0 Å². The molecule has 0 aromatic rings. The molecule has 0 spiro atoms. The quantitative estimate of drug-likeness (QED) is 0.0199. The molecule has 35 heteroatoms. The molecule has 0 aliphatic carbocycles. The first-order chi connectivity index (χ1) is 48.7. The number of unbranched alkanes of at least 4 members (excludes halogenated alkanes) is 1. The summed E-state index contributed by atoms with van der Waals surface area (Å²) in [5.74, 6) is 0. The summed E-state index contributed by atoms with van der Waals surface area (Å²) in [7, 11) is 0. The van der Waals surface area contributed by atoms with Crippen LogP contribution in [0.25, 0.3) is 0 Å². The molecule has 4 saturated heterocycles. The Bertz CT molecular complexity index is 1520. The van der Waals surface area contributed by atoms with Gasteiger partial charge < -0.3 is 161 Å². The lowest BCUT2D eigenvalue weighted by molar-refractivity contribution is -0.131. The van der Waals surface area contributed by atoms with Crippen molar-refractivity contribution < 1.29 is 77.3 Å². The Labute approximate surface area is 599 Å². The summed E-state index contributed by atoms with van der Waals surface area (Å²) in [4.78, 5) is 10.9. The number of nitrogens with one attached hydrogen (secondary N) is 3. The molecule has 4 fully saturated rings. The van der Waals surface area contributed by atoms with Crippen molar-refractivity contribution in [3.8, 4) is 0 Å². The van der Waals surface area contributed by atoms with Crippen molar-refractivity contribution in [2.24, 2.45) is 73.9 Å². The summed E-state index contributed by atoms with van der Waals surface area (Å²) in [5, 5.41) is 53.3. The van der Waals surface area contributed by atoms with Crippen molar-refractivity contribution >= 4 is 0 Å². The minimum atomic E-state index is -0.932. The number of hydrogen-bond donors (Lipinski definition) is 18. The van der Waals surface area contributed by atoms with Crippen LogP contribution >= 0.6 is 0 Å². The molecule has 0 saturated carbocycles. The van der Waals surface area contributed by atoms with Crippen LogP contribution < -0.4 is 79.0 Å². The molecule has 4 aliphatic rings. The number of nitrogens with zero attached hydrogens (tertiary/aromatic N) is 5. The average molecular weight is 1450 g/mol. The van der Waals surface area contributed by atoms with Gasteiger partial charge in [-0.25, -0.2) is 0 Å². The highest BCUT2D eigenvalue weighted by Crippen LogP contribution is 2.26. The Balaban J connectivity index is 0.000000775. The van der Waals surface area contributed by atoms with Crippen LogP contribution in [-0.4, -0.2) is 435 Å². The van der Waals surface area contributed by atoms with E-state index in [0.717, 1.165) is 137 Å². The average Bonchev–Trinajstić information content (AvgIpc) is 1.53. The summed E-state index contributed by atoms with van der Waals surface area (Å²) in [6, 6.07) is 0. The van der Waals surface area contributed by atoms with E-state index in [4.69, 9.17) is 120 Å². The third kappa shape index (κ3) is 54.2. The Hall–Kier alpha value is -1.40. The highest BCUT2D eigenvalue weighted by atomic mass is 16.6. The lowest BCUT2D eigenvalue weighted by Gasteiger charge is -2.34. The van der Waals surface area contributed by atoms with Crippen molar-refractivity contribution in [1.29, 1.82) is 0 Å². The monoisotopic (exact) mass is 1450 g/mol. The first-order valence-electron chi connectivity index (χ1n) is 37.0. The van der Waals surface area contributed by atoms with Gasteiger partial charge in [0.05, 0.1) is 167 Å². The molecule has 0 aromatic carbocycles. The molecule has 0 amide bonds. The number of epoxide rings is 4. The second kappa shape index (κ2) is 63.7. The summed E-state index contributed by atoms with van der Waals surface area (Å²) >= 11 is 0. The molecule has 35 nitrogen and oxygen atoms in total. The van der Waals surface area contributed by atoms with Gasteiger partial charge in [-0.3, -0.25) is 19.6 Å². The van der Waals surface area contributed by atoms with Crippen LogP contribution in [0.5, 0.6) is 0 Å². The third-order valence-corrected chi connectivity index (χ3v) is 16.4. The molecule has 4 rings (SSSR count). The summed E-state index contributed by atoms with van der Waals surface area (Å²) < 4.78 is 69.1. The molecule has 598 valence electrons. The first kappa shape index (κ1) is 94.7. The lowest BCUT2D eigenvalue weighted by Crippen LogP contribution is -2.45. The van der Waals surface area contributed by atoms with Crippen LogP contribution in [0.4, 0.5) is 0 Å². The largest absolute Gasteiger partial charge is 0.391 e. The molecule has 0 bridgehead atoms. The van der Waals surface area contributed by atoms with Gasteiger partial charge in [0, 0.05) is 203 Å². The van der Waals surface area contributed by atoms with Crippen LogP contribution in [-0.2, 0) is 56.8 Å². The van der Waals surface area contributed by atoms with E-state index < -0.39 is 29.8 Å². The zero-order valence-electron chi connectivity index (χ0n) is 61.3. The van der Waals surface area contributed by atoms with Gasteiger partial charge in [0.2, 0.25) is 0 Å². The Kier molecular flexibility index (Phi) is 60.3. The van der Waals surface area contributed by atoms with Crippen molar-refractivity contribution in [3.05, 3.63) is 0 Å². The van der Waals surface area contributed by atoms with E-state index in [-0.39, 0.29) is 82.7 Å². The van der Waals surface area contributed by atoms with Crippen LogP contribution in [0.2, 0.25) is 0 Å². The number of nitrogens with two attached hydrogens (primary N) is 11. The number of rotatable bonds is 74. The van der Waals surface area contributed by atoms with Gasteiger partial charge in [0.1, 0.15) is 24.4 Å². The fourth-order valence-electron chi connectivity index (χ4n) is 10.6. The van der Waals surface area contributed by atoms with Gasteiger partial charge in [-0.2, -0.15) is 0 Å². The molecule has 100 heavy (non-hydrogen) atoms. The zero-order valence-corrected chi connectivity index (χ0v) is 61.3. The summed E-state index contributed by atoms with van der Waals surface area (Å²) in [6.07, 6.45) is 0.0572. The fraction of sp³-hybridized carbons (Fsp3) is 1.00. The van der Waals surface area contributed by atoms with Gasteiger partial charge >= 0.3 is 0 Å². The number of ether oxygens (including phenoxy) is 12. The number of hydrogen-bond acceptors (Lipinski definition) is 35. The Morgan fingerprint density at radius 1 is 0.300 bits per heavy atom. The van der Waals surface area contributed by atoms with Gasteiger partial charge in [-0.05, 0) is 25.8 Å². The van der Waals surface area contributed by atoms with E-state index in [1.807, 2.05) is 0 Å². The van der Waals surface area contributed by atoms with E-state index >= 15 is 0 Å². The van der Waals surface area contributed by atoms with Gasteiger partial charge in [0.15, 0.2) is 0 Å².